The molecule has 1 aromatic heterocycles. The van der Waals surface area contributed by atoms with Crippen molar-refractivity contribution in [2.45, 2.75) is 19.4 Å². The van der Waals surface area contributed by atoms with E-state index < -0.39 is 18.0 Å². The molecule has 0 saturated heterocycles. The highest BCUT2D eigenvalue weighted by Gasteiger charge is 2.24. The molecular formula is C9H12N2O4. The topological polar surface area (TPSA) is 81.4 Å². The van der Waals surface area contributed by atoms with Gasteiger partial charge in [0, 0.05) is 12.4 Å². The molecule has 0 aliphatic carbocycles. The maximum atomic E-state index is 11.4. The summed E-state index contributed by atoms with van der Waals surface area (Å²) in [5.41, 5.74) is 0. The monoisotopic (exact) mass is 212 g/mol. The molecule has 0 radical (unpaired) electrons. The van der Waals surface area contributed by atoms with E-state index in [2.05, 4.69) is 4.98 Å². The van der Waals surface area contributed by atoms with Crippen LogP contribution in [0.25, 0.3) is 0 Å². The van der Waals surface area contributed by atoms with Crippen LogP contribution in [0.3, 0.4) is 0 Å². The summed E-state index contributed by atoms with van der Waals surface area (Å²) in [4.78, 5) is 25.8. The van der Waals surface area contributed by atoms with Crippen molar-refractivity contribution in [3.8, 4) is 0 Å². The van der Waals surface area contributed by atoms with Crippen LogP contribution < -0.4 is 0 Å². The third-order valence-electron chi connectivity index (χ3n) is 1.81. The van der Waals surface area contributed by atoms with E-state index in [4.69, 9.17) is 9.84 Å². The SMILES string of the molecule is CCOC(=O)C(CC(=O)O)n1ccnc1. The number of ether oxygens (including phenoxy) is 1. The van der Waals surface area contributed by atoms with Crippen molar-refractivity contribution < 1.29 is 19.4 Å². The van der Waals surface area contributed by atoms with Crippen LogP contribution in [0.1, 0.15) is 19.4 Å². The third kappa shape index (κ3) is 3.08. The fourth-order valence-electron chi connectivity index (χ4n) is 1.17. The predicted octanol–water partition coefficient (Wildman–Crippen LogP) is 0.462. The van der Waals surface area contributed by atoms with Gasteiger partial charge in [0.2, 0.25) is 0 Å². The smallest absolute Gasteiger partial charge is 0.329 e. The number of imidazole rings is 1. The van der Waals surface area contributed by atoms with Crippen molar-refractivity contribution in [3.63, 3.8) is 0 Å². The van der Waals surface area contributed by atoms with E-state index in [0.29, 0.717) is 0 Å². The maximum absolute atomic E-state index is 11.4. The van der Waals surface area contributed by atoms with Crippen molar-refractivity contribution in [1.29, 1.82) is 0 Å². The molecule has 1 atom stereocenters. The Hall–Kier alpha value is -1.85. The van der Waals surface area contributed by atoms with Gasteiger partial charge in [-0.3, -0.25) is 4.79 Å². The van der Waals surface area contributed by atoms with Crippen molar-refractivity contribution >= 4 is 11.9 Å². The number of hydrogen-bond acceptors (Lipinski definition) is 4. The number of nitrogens with zero attached hydrogens (tertiary/aromatic N) is 2. The second-order valence-electron chi connectivity index (χ2n) is 2.88. The zero-order chi connectivity index (χ0) is 11.3. The predicted molar refractivity (Wildman–Crippen MR) is 50.1 cm³/mol. The zero-order valence-corrected chi connectivity index (χ0v) is 8.29. The molecule has 0 spiro atoms. The van der Waals surface area contributed by atoms with E-state index in [0.717, 1.165) is 0 Å². The molecular weight excluding hydrogens is 200 g/mol. The Morgan fingerprint density at radius 2 is 2.33 bits per heavy atom. The largest absolute Gasteiger partial charge is 0.481 e. The molecule has 15 heavy (non-hydrogen) atoms. The third-order valence-corrected chi connectivity index (χ3v) is 1.81. The number of esters is 1. The first-order chi connectivity index (χ1) is 7.15. The minimum Gasteiger partial charge on any atom is -0.481 e. The van der Waals surface area contributed by atoms with Gasteiger partial charge in [-0.15, -0.1) is 0 Å². The number of carboxylic acid groups (broad SMARTS) is 1. The highest BCUT2D eigenvalue weighted by molar-refractivity contribution is 5.80. The second kappa shape index (κ2) is 5.14. The lowest BCUT2D eigenvalue weighted by molar-refractivity contribution is -0.151. The van der Waals surface area contributed by atoms with Crippen LogP contribution in [-0.2, 0) is 14.3 Å². The lowest BCUT2D eigenvalue weighted by Crippen LogP contribution is -2.23. The minimum atomic E-state index is -1.05. The van der Waals surface area contributed by atoms with Gasteiger partial charge in [0.05, 0.1) is 19.4 Å². The van der Waals surface area contributed by atoms with Crippen molar-refractivity contribution in [1.82, 2.24) is 9.55 Å². The number of aliphatic carboxylic acids is 1. The standard InChI is InChI=1S/C9H12N2O4/c1-2-15-9(14)7(5-8(12)13)11-4-3-10-6-11/h3-4,6-7H,2,5H2,1H3,(H,12,13). The number of carbonyl (C=O) groups excluding carboxylic acids is 1. The second-order valence-corrected chi connectivity index (χ2v) is 2.88. The zero-order valence-electron chi connectivity index (χ0n) is 8.29. The Kier molecular flexibility index (Phi) is 3.84. The Bertz CT molecular complexity index is 334. The molecule has 0 aliphatic rings. The molecule has 0 aromatic carbocycles. The molecule has 6 heteroatoms. The first-order valence-electron chi connectivity index (χ1n) is 4.51. The summed E-state index contributed by atoms with van der Waals surface area (Å²) >= 11 is 0. The summed E-state index contributed by atoms with van der Waals surface area (Å²) in [7, 11) is 0. The summed E-state index contributed by atoms with van der Waals surface area (Å²) in [6.07, 6.45) is 4.10. The van der Waals surface area contributed by atoms with Gasteiger partial charge in [0.25, 0.3) is 0 Å². The summed E-state index contributed by atoms with van der Waals surface area (Å²) in [5.74, 6) is -1.61. The van der Waals surface area contributed by atoms with E-state index in [1.165, 1.54) is 23.3 Å². The molecule has 1 rings (SSSR count). The molecule has 0 fully saturated rings. The Morgan fingerprint density at radius 1 is 1.60 bits per heavy atom. The van der Waals surface area contributed by atoms with Crippen LogP contribution in [0, 0.1) is 0 Å². The van der Waals surface area contributed by atoms with Crippen LogP contribution in [-0.4, -0.2) is 33.2 Å². The average Bonchev–Trinajstić information content (AvgIpc) is 2.66. The molecule has 6 nitrogen and oxygen atoms in total. The normalized spacial score (nSPS) is 12.1. The molecule has 1 unspecified atom stereocenters. The Balaban J connectivity index is 2.78. The molecule has 1 aromatic rings. The summed E-state index contributed by atoms with van der Waals surface area (Å²) < 4.78 is 6.20. The fourth-order valence-corrected chi connectivity index (χ4v) is 1.17. The highest BCUT2D eigenvalue weighted by atomic mass is 16.5. The molecule has 1 heterocycles. The van der Waals surface area contributed by atoms with Gasteiger partial charge in [0.15, 0.2) is 0 Å². The number of hydrogen-bond donors (Lipinski definition) is 1. The van der Waals surface area contributed by atoms with Crippen LogP contribution in [0.15, 0.2) is 18.7 Å². The number of carbonyl (C=O) groups is 2. The van der Waals surface area contributed by atoms with Crippen molar-refractivity contribution in [3.05, 3.63) is 18.7 Å². The number of rotatable bonds is 5. The first kappa shape index (κ1) is 11.2. The van der Waals surface area contributed by atoms with E-state index in [9.17, 15) is 9.59 Å². The van der Waals surface area contributed by atoms with Crippen LogP contribution >= 0.6 is 0 Å². The highest BCUT2D eigenvalue weighted by Crippen LogP contribution is 2.13. The quantitative estimate of drug-likeness (QED) is 0.717. The lowest BCUT2D eigenvalue weighted by atomic mass is 10.2. The number of aromatic nitrogens is 2. The van der Waals surface area contributed by atoms with Crippen molar-refractivity contribution in [2.75, 3.05) is 6.61 Å². The van der Waals surface area contributed by atoms with Crippen LogP contribution in [0.5, 0.6) is 0 Å². The Morgan fingerprint density at radius 3 is 2.80 bits per heavy atom. The molecule has 0 bridgehead atoms. The lowest BCUT2D eigenvalue weighted by Gasteiger charge is -2.14. The van der Waals surface area contributed by atoms with Crippen LogP contribution in [0.4, 0.5) is 0 Å². The maximum Gasteiger partial charge on any atom is 0.329 e. The summed E-state index contributed by atoms with van der Waals surface area (Å²) in [5, 5.41) is 8.66. The summed E-state index contributed by atoms with van der Waals surface area (Å²) in [6.45, 7) is 1.90. The molecule has 0 aliphatic heterocycles. The van der Waals surface area contributed by atoms with Gasteiger partial charge in [-0.2, -0.15) is 0 Å². The molecule has 82 valence electrons. The van der Waals surface area contributed by atoms with Crippen LogP contribution in [0.2, 0.25) is 0 Å². The average molecular weight is 212 g/mol. The summed E-state index contributed by atoms with van der Waals surface area (Å²) in [6, 6.07) is -0.843. The molecule has 0 amide bonds. The minimum absolute atomic E-state index is 0.226. The first-order valence-corrected chi connectivity index (χ1v) is 4.51. The Labute approximate surface area is 86.5 Å². The van der Waals surface area contributed by atoms with Gasteiger partial charge in [-0.1, -0.05) is 0 Å². The van der Waals surface area contributed by atoms with Gasteiger partial charge < -0.3 is 14.4 Å². The van der Waals surface area contributed by atoms with Gasteiger partial charge in [-0.05, 0) is 6.92 Å². The van der Waals surface area contributed by atoms with Gasteiger partial charge in [-0.25, -0.2) is 9.78 Å². The molecule has 0 saturated carbocycles. The van der Waals surface area contributed by atoms with Gasteiger partial charge in [0.1, 0.15) is 6.04 Å². The van der Waals surface area contributed by atoms with E-state index in [1.807, 2.05) is 0 Å². The van der Waals surface area contributed by atoms with E-state index in [-0.39, 0.29) is 13.0 Å². The van der Waals surface area contributed by atoms with Crippen molar-refractivity contribution in [2.24, 2.45) is 0 Å². The fraction of sp³-hybridized carbons (Fsp3) is 0.444. The van der Waals surface area contributed by atoms with E-state index >= 15 is 0 Å². The number of carboxylic acids is 1. The van der Waals surface area contributed by atoms with E-state index in [1.54, 1.807) is 6.92 Å². The molecule has 1 N–H and O–H groups in total. The van der Waals surface area contributed by atoms with Gasteiger partial charge >= 0.3 is 11.9 Å².